The maximum atomic E-state index is 12.8. The number of carbonyl (C=O) groups is 1. The predicted octanol–water partition coefficient (Wildman–Crippen LogP) is 4.14. The Morgan fingerprint density at radius 2 is 2.00 bits per heavy atom. The molecule has 0 amide bonds. The SMILES string of the molecule is CC(C)(C)C(=O)CCc1ccc(F)cc1Br. The van der Waals surface area contributed by atoms with E-state index in [1.807, 2.05) is 20.8 Å². The maximum Gasteiger partial charge on any atom is 0.138 e. The number of halogens is 2. The molecular weight excluding hydrogens is 271 g/mol. The van der Waals surface area contributed by atoms with Gasteiger partial charge in [-0.15, -0.1) is 0 Å². The molecule has 1 aromatic carbocycles. The number of hydrogen-bond donors (Lipinski definition) is 0. The van der Waals surface area contributed by atoms with Gasteiger partial charge in [-0.3, -0.25) is 4.79 Å². The molecule has 0 bridgehead atoms. The summed E-state index contributed by atoms with van der Waals surface area (Å²) in [6.07, 6.45) is 1.14. The van der Waals surface area contributed by atoms with Gasteiger partial charge in [-0.1, -0.05) is 42.8 Å². The summed E-state index contributed by atoms with van der Waals surface area (Å²) in [6.45, 7) is 5.74. The summed E-state index contributed by atoms with van der Waals surface area (Å²) < 4.78 is 13.6. The number of aryl methyl sites for hydroxylation is 1. The van der Waals surface area contributed by atoms with E-state index < -0.39 is 0 Å². The summed E-state index contributed by atoms with van der Waals surface area (Å²) in [5, 5.41) is 0. The van der Waals surface area contributed by atoms with Crippen LogP contribution in [-0.4, -0.2) is 5.78 Å². The van der Waals surface area contributed by atoms with Gasteiger partial charge in [0.1, 0.15) is 11.6 Å². The summed E-state index contributed by atoms with van der Waals surface area (Å²) in [5.74, 6) is -0.0403. The van der Waals surface area contributed by atoms with Gasteiger partial charge in [-0.05, 0) is 24.1 Å². The van der Waals surface area contributed by atoms with Crippen molar-refractivity contribution < 1.29 is 9.18 Å². The van der Waals surface area contributed by atoms with Gasteiger partial charge in [0.25, 0.3) is 0 Å². The van der Waals surface area contributed by atoms with Crippen molar-refractivity contribution in [1.82, 2.24) is 0 Å². The van der Waals surface area contributed by atoms with Gasteiger partial charge in [-0.2, -0.15) is 0 Å². The van der Waals surface area contributed by atoms with Crippen molar-refractivity contribution in [1.29, 1.82) is 0 Å². The molecule has 1 nitrogen and oxygen atoms in total. The zero-order valence-electron chi connectivity index (χ0n) is 9.81. The number of Topliss-reactive ketones (excluding diaryl/α,β-unsaturated/α-hetero) is 1. The molecule has 0 N–H and O–H groups in total. The van der Waals surface area contributed by atoms with E-state index in [2.05, 4.69) is 15.9 Å². The van der Waals surface area contributed by atoms with E-state index in [1.54, 1.807) is 6.07 Å². The van der Waals surface area contributed by atoms with Gasteiger partial charge in [0.15, 0.2) is 0 Å². The highest BCUT2D eigenvalue weighted by atomic mass is 79.9. The molecule has 1 rings (SSSR count). The first kappa shape index (κ1) is 13.4. The van der Waals surface area contributed by atoms with Crippen LogP contribution in [0, 0.1) is 11.2 Å². The van der Waals surface area contributed by atoms with E-state index in [9.17, 15) is 9.18 Å². The van der Waals surface area contributed by atoms with Crippen LogP contribution in [0.5, 0.6) is 0 Å². The lowest BCUT2D eigenvalue weighted by atomic mass is 9.87. The Balaban J connectivity index is 2.65. The Bertz CT molecular complexity index is 393. The lowest BCUT2D eigenvalue weighted by Crippen LogP contribution is -2.20. The van der Waals surface area contributed by atoms with Crippen molar-refractivity contribution in [2.45, 2.75) is 33.6 Å². The normalized spacial score (nSPS) is 11.6. The van der Waals surface area contributed by atoms with Crippen molar-refractivity contribution in [3.8, 4) is 0 Å². The molecular formula is C13H16BrFO. The van der Waals surface area contributed by atoms with Gasteiger partial charge in [0, 0.05) is 16.3 Å². The third-order valence-electron chi connectivity index (χ3n) is 2.47. The van der Waals surface area contributed by atoms with Crippen LogP contribution in [0.4, 0.5) is 4.39 Å². The highest BCUT2D eigenvalue weighted by molar-refractivity contribution is 9.10. The van der Waals surface area contributed by atoms with Gasteiger partial charge in [0.2, 0.25) is 0 Å². The average molecular weight is 287 g/mol. The first-order chi connectivity index (χ1) is 7.30. The Morgan fingerprint density at radius 3 is 2.50 bits per heavy atom. The van der Waals surface area contributed by atoms with Crippen molar-refractivity contribution in [3.05, 3.63) is 34.1 Å². The minimum atomic E-state index is -0.299. The third kappa shape index (κ3) is 3.71. The van der Waals surface area contributed by atoms with Crippen LogP contribution in [0.2, 0.25) is 0 Å². The molecule has 0 aliphatic rings. The van der Waals surface area contributed by atoms with Gasteiger partial charge >= 0.3 is 0 Å². The quantitative estimate of drug-likeness (QED) is 0.816. The number of benzene rings is 1. The molecule has 0 spiro atoms. The molecule has 0 aromatic heterocycles. The van der Waals surface area contributed by atoms with Crippen LogP contribution >= 0.6 is 15.9 Å². The van der Waals surface area contributed by atoms with Crippen molar-refractivity contribution >= 4 is 21.7 Å². The molecule has 0 radical (unpaired) electrons. The number of ketones is 1. The molecule has 16 heavy (non-hydrogen) atoms. The molecule has 88 valence electrons. The number of carbonyl (C=O) groups excluding carboxylic acids is 1. The fourth-order valence-corrected chi connectivity index (χ4v) is 1.90. The zero-order valence-corrected chi connectivity index (χ0v) is 11.4. The summed E-state index contributed by atoms with van der Waals surface area (Å²) in [4.78, 5) is 11.7. The van der Waals surface area contributed by atoms with Crippen LogP contribution in [0.15, 0.2) is 22.7 Å². The topological polar surface area (TPSA) is 17.1 Å². The van der Waals surface area contributed by atoms with Crippen molar-refractivity contribution in [2.75, 3.05) is 0 Å². The van der Waals surface area contributed by atoms with Gasteiger partial charge < -0.3 is 0 Å². The van der Waals surface area contributed by atoms with Crippen LogP contribution < -0.4 is 0 Å². The summed E-state index contributed by atoms with van der Waals surface area (Å²) in [7, 11) is 0. The molecule has 0 atom stereocenters. The van der Waals surface area contributed by atoms with E-state index >= 15 is 0 Å². The van der Waals surface area contributed by atoms with Crippen LogP contribution in [0.25, 0.3) is 0 Å². The molecule has 0 aliphatic heterocycles. The summed E-state index contributed by atoms with van der Waals surface area (Å²) in [6, 6.07) is 4.56. The minimum Gasteiger partial charge on any atom is -0.299 e. The van der Waals surface area contributed by atoms with Gasteiger partial charge in [0.05, 0.1) is 0 Å². The second-order valence-corrected chi connectivity index (χ2v) is 5.76. The zero-order chi connectivity index (χ0) is 12.3. The van der Waals surface area contributed by atoms with E-state index in [0.29, 0.717) is 12.8 Å². The monoisotopic (exact) mass is 286 g/mol. The second kappa shape index (κ2) is 5.09. The highest BCUT2D eigenvalue weighted by Crippen LogP contribution is 2.22. The summed E-state index contributed by atoms with van der Waals surface area (Å²) in [5.41, 5.74) is 0.672. The van der Waals surface area contributed by atoms with Gasteiger partial charge in [-0.25, -0.2) is 4.39 Å². The average Bonchev–Trinajstić information content (AvgIpc) is 2.14. The molecule has 0 unspecified atom stereocenters. The van der Waals surface area contributed by atoms with Crippen molar-refractivity contribution in [2.24, 2.45) is 5.41 Å². The number of hydrogen-bond acceptors (Lipinski definition) is 1. The lowest BCUT2D eigenvalue weighted by Gasteiger charge is -2.16. The Morgan fingerprint density at radius 1 is 1.38 bits per heavy atom. The molecule has 0 heterocycles. The van der Waals surface area contributed by atoms with E-state index in [-0.39, 0.29) is 17.0 Å². The lowest BCUT2D eigenvalue weighted by molar-refractivity contribution is -0.126. The van der Waals surface area contributed by atoms with E-state index in [0.717, 1.165) is 10.0 Å². The molecule has 0 aliphatic carbocycles. The first-order valence-electron chi connectivity index (χ1n) is 5.28. The maximum absolute atomic E-state index is 12.8. The van der Waals surface area contributed by atoms with E-state index in [4.69, 9.17) is 0 Å². The van der Waals surface area contributed by atoms with Crippen molar-refractivity contribution in [3.63, 3.8) is 0 Å². The van der Waals surface area contributed by atoms with Crippen LogP contribution in [0.1, 0.15) is 32.8 Å². The fraction of sp³-hybridized carbons (Fsp3) is 0.462. The molecule has 0 fully saturated rings. The smallest absolute Gasteiger partial charge is 0.138 e. The Hall–Kier alpha value is -0.700. The Labute approximate surface area is 104 Å². The largest absolute Gasteiger partial charge is 0.299 e. The molecule has 1 aromatic rings. The predicted molar refractivity (Wildman–Crippen MR) is 66.9 cm³/mol. The molecule has 3 heteroatoms. The molecule has 0 saturated carbocycles. The highest BCUT2D eigenvalue weighted by Gasteiger charge is 2.20. The Kier molecular flexibility index (Phi) is 4.25. The number of rotatable bonds is 3. The molecule has 0 saturated heterocycles. The minimum absolute atomic E-state index is 0.226. The summed E-state index contributed by atoms with van der Waals surface area (Å²) >= 11 is 3.30. The fourth-order valence-electron chi connectivity index (χ4n) is 1.35. The first-order valence-corrected chi connectivity index (χ1v) is 6.07. The van der Waals surface area contributed by atoms with Crippen LogP contribution in [0.3, 0.4) is 0 Å². The van der Waals surface area contributed by atoms with E-state index in [1.165, 1.54) is 12.1 Å². The second-order valence-electron chi connectivity index (χ2n) is 4.91. The standard InChI is InChI=1S/C13H16BrFO/c1-13(2,3)12(16)7-5-9-4-6-10(15)8-11(9)14/h4,6,8H,5,7H2,1-3H3. The van der Waals surface area contributed by atoms with Crippen LogP contribution in [-0.2, 0) is 11.2 Å². The third-order valence-corrected chi connectivity index (χ3v) is 3.21.